The van der Waals surface area contributed by atoms with Crippen molar-refractivity contribution in [3.05, 3.63) is 31.6 Å². The van der Waals surface area contributed by atoms with Crippen LogP contribution in [0.15, 0.2) is 9.59 Å². The molecule has 2 N–H and O–H groups in total. The number of nitrogens with one attached hydrogen (secondary N) is 2. The first-order valence-electron chi connectivity index (χ1n) is 4.74. The second-order valence-corrected chi connectivity index (χ2v) is 3.82. The summed E-state index contributed by atoms with van der Waals surface area (Å²) in [5.41, 5.74) is -0.606. The normalized spacial score (nSPS) is 10.9. The molecular formula is C9H14ClN3O2. The molecule has 6 heteroatoms. The largest absolute Gasteiger partial charge is 0.326 e. The van der Waals surface area contributed by atoms with E-state index in [0.717, 1.165) is 13.0 Å². The Kier molecular flexibility index (Phi) is 4.11. The molecule has 1 rings (SSSR count). The summed E-state index contributed by atoms with van der Waals surface area (Å²) in [4.78, 5) is 28.8. The van der Waals surface area contributed by atoms with Gasteiger partial charge in [0.2, 0.25) is 0 Å². The third-order valence-corrected chi connectivity index (χ3v) is 2.39. The van der Waals surface area contributed by atoms with Gasteiger partial charge in [0.25, 0.3) is 5.56 Å². The topological polar surface area (TPSA) is 69.0 Å². The van der Waals surface area contributed by atoms with Crippen molar-refractivity contribution in [1.29, 1.82) is 0 Å². The number of aromatic amines is 2. The summed E-state index contributed by atoms with van der Waals surface area (Å²) in [6.07, 6.45) is 1.00. The van der Waals surface area contributed by atoms with Gasteiger partial charge in [-0.15, -0.1) is 0 Å². The van der Waals surface area contributed by atoms with Gasteiger partial charge in [0.1, 0.15) is 5.02 Å². The second kappa shape index (κ2) is 5.14. The molecule has 0 unspecified atom stereocenters. The highest BCUT2D eigenvalue weighted by molar-refractivity contribution is 6.30. The van der Waals surface area contributed by atoms with Crippen molar-refractivity contribution in [2.45, 2.75) is 19.9 Å². The van der Waals surface area contributed by atoms with E-state index in [1.807, 2.05) is 11.9 Å². The molecule has 0 radical (unpaired) electrons. The van der Waals surface area contributed by atoms with Gasteiger partial charge in [0, 0.05) is 6.54 Å². The first-order chi connectivity index (χ1) is 7.04. The Morgan fingerprint density at radius 2 is 2.00 bits per heavy atom. The van der Waals surface area contributed by atoms with Crippen LogP contribution in [0.2, 0.25) is 5.02 Å². The first kappa shape index (κ1) is 12.0. The quantitative estimate of drug-likeness (QED) is 0.796. The smallest absolute Gasteiger partial charge is 0.308 e. The van der Waals surface area contributed by atoms with E-state index in [4.69, 9.17) is 11.6 Å². The highest BCUT2D eigenvalue weighted by atomic mass is 35.5. The lowest BCUT2D eigenvalue weighted by Crippen LogP contribution is -2.28. The van der Waals surface area contributed by atoms with Crippen LogP contribution in [0.4, 0.5) is 0 Å². The Morgan fingerprint density at radius 3 is 2.60 bits per heavy atom. The van der Waals surface area contributed by atoms with Gasteiger partial charge in [0.15, 0.2) is 0 Å². The van der Waals surface area contributed by atoms with Crippen molar-refractivity contribution < 1.29 is 0 Å². The monoisotopic (exact) mass is 231 g/mol. The van der Waals surface area contributed by atoms with Crippen LogP contribution < -0.4 is 11.2 Å². The van der Waals surface area contributed by atoms with Crippen molar-refractivity contribution in [3.8, 4) is 0 Å². The molecule has 0 saturated heterocycles. The van der Waals surface area contributed by atoms with Crippen LogP contribution in [-0.2, 0) is 6.54 Å². The Hall–Kier alpha value is -1.07. The number of hydrogen-bond donors (Lipinski definition) is 2. The minimum Gasteiger partial charge on any atom is -0.308 e. The molecule has 1 aromatic rings. The summed E-state index contributed by atoms with van der Waals surface area (Å²) in [7, 11) is 1.90. The predicted molar refractivity (Wildman–Crippen MR) is 59.3 cm³/mol. The summed E-state index contributed by atoms with van der Waals surface area (Å²) in [6, 6.07) is 0. The lowest BCUT2D eigenvalue weighted by molar-refractivity contribution is 0.323. The van der Waals surface area contributed by atoms with Crippen LogP contribution in [0.5, 0.6) is 0 Å². The lowest BCUT2D eigenvalue weighted by atomic mass is 10.3. The maximum Gasteiger partial charge on any atom is 0.326 e. The molecule has 0 aliphatic heterocycles. The highest BCUT2D eigenvalue weighted by Crippen LogP contribution is 2.07. The third kappa shape index (κ3) is 3.21. The zero-order valence-electron chi connectivity index (χ0n) is 8.76. The zero-order valence-corrected chi connectivity index (χ0v) is 9.52. The molecule has 1 aromatic heterocycles. The van der Waals surface area contributed by atoms with E-state index in [1.165, 1.54) is 0 Å². The van der Waals surface area contributed by atoms with E-state index in [9.17, 15) is 9.59 Å². The fraction of sp³-hybridized carbons (Fsp3) is 0.556. The Balaban J connectivity index is 2.95. The van der Waals surface area contributed by atoms with E-state index in [-0.39, 0.29) is 5.02 Å². The van der Waals surface area contributed by atoms with Crippen LogP contribution in [0.1, 0.15) is 19.0 Å². The predicted octanol–water partition coefficient (Wildman–Crippen LogP) is 0.558. The molecule has 5 nitrogen and oxygen atoms in total. The van der Waals surface area contributed by atoms with Gasteiger partial charge < -0.3 is 9.88 Å². The fourth-order valence-electron chi connectivity index (χ4n) is 1.36. The zero-order chi connectivity index (χ0) is 11.4. The Morgan fingerprint density at radius 1 is 1.33 bits per heavy atom. The van der Waals surface area contributed by atoms with Gasteiger partial charge in [-0.25, -0.2) is 4.79 Å². The number of H-pyrrole nitrogens is 2. The molecule has 0 amide bonds. The summed E-state index contributed by atoms with van der Waals surface area (Å²) in [5.74, 6) is 0. The minimum atomic E-state index is -0.541. The second-order valence-electron chi connectivity index (χ2n) is 3.44. The average molecular weight is 232 g/mol. The number of rotatable bonds is 4. The molecule has 15 heavy (non-hydrogen) atoms. The average Bonchev–Trinajstić information content (AvgIpc) is 2.13. The van der Waals surface area contributed by atoms with Crippen LogP contribution in [0.25, 0.3) is 0 Å². The van der Waals surface area contributed by atoms with Gasteiger partial charge in [-0.2, -0.15) is 0 Å². The minimum absolute atomic E-state index is 0.0533. The maximum absolute atomic E-state index is 11.2. The summed E-state index contributed by atoms with van der Waals surface area (Å²) in [5, 5.41) is 0.0533. The van der Waals surface area contributed by atoms with E-state index in [1.54, 1.807) is 0 Å². The molecule has 0 spiro atoms. The highest BCUT2D eigenvalue weighted by Gasteiger charge is 2.08. The van der Waals surface area contributed by atoms with Crippen molar-refractivity contribution in [1.82, 2.24) is 14.9 Å². The van der Waals surface area contributed by atoms with E-state index < -0.39 is 11.2 Å². The van der Waals surface area contributed by atoms with E-state index in [0.29, 0.717) is 12.2 Å². The van der Waals surface area contributed by atoms with Crippen molar-refractivity contribution >= 4 is 11.6 Å². The lowest BCUT2D eigenvalue weighted by Gasteiger charge is -2.15. The molecule has 0 aromatic carbocycles. The molecule has 0 fully saturated rings. The Labute approximate surface area is 92.1 Å². The molecule has 0 saturated carbocycles. The number of nitrogens with zero attached hydrogens (tertiary/aromatic N) is 1. The van der Waals surface area contributed by atoms with Crippen molar-refractivity contribution in [3.63, 3.8) is 0 Å². The number of halogens is 1. The summed E-state index contributed by atoms with van der Waals surface area (Å²) < 4.78 is 0. The molecule has 0 aliphatic rings. The van der Waals surface area contributed by atoms with Gasteiger partial charge in [-0.3, -0.25) is 9.78 Å². The molecule has 0 bridgehead atoms. The number of hydrogen-bond acceptors (Lipinski definition) is 3. The SMILES string of the molecule is CCCN(C)Cc1[nH]c(=O)[nH]c(=O)c1Cl. The number of aromatic nitrogens is 2. The van der Waals surface area contributed by atoms with Crippen LogP contribution in [0.3, 0.4) is 0 Å². The fourth-order valence-corrected chi connectivity index (χ4v) is 1.51. The molecule has 0 aliphatic carbocycles. The summed E-state index contributed by atoms with van der Waals surface area (Å²) in [6.45, 7) is 3.40. The van der Waals surface area contributed by atoms with Gasteiger partial charge in [-0.05, 0) is 20.0 Å². The van der Waals surface area contributed by atoms with E-state index in [2.05, 4.69) is 16.9 Å². The van der Waals surface area contributed by atoms with Crippen LogP contribution in [0, 0.1) is 0 Å². The van der Waals surface area contributed by atoms with Gasteiger partial charge in [-0.1, -0.05) is 18.5 Å². The van der Waals surface area contributed by atoms with Crippen LogP contribution >= 0.6 is 11.6 Å². The summed E-state index contributed by atoms with van der Waals surface area (Å²) >= 11 is 5.77. The molecule has 1 heterocycles. The van der Waals surface area contributed by atoms with Gasteiger partial charge >= 0.3 is 5.69 Å². The third-order valence-electron chi connectivity index (χ3n) is 1.99. The maximum atomic E-state index is 11.2. The van der Waals surface area contributed by atoms with E-state index >= 15 is 0 Å². The Bertz CT molecular complexity index is 438. The van der Waals surface area contributed by atoms with Gasteiger partial charge in [0.05, 0.1) is 5.69 Å². The van der Waals surface area contributed by atoms with Crippen molar-refractivity contribution in [2.75, 3.05) is 13.6 Å². The molecule has 84 valence electrons. The first-order valence-corrected chi connectivity index (χ1v) is 5.12. The van der Waals surface area contributed by atoms with Crippen molar-refractivity contribution in [2.24, 2.45) is 0 Å². The standard InChI is InChI=1S/C9H14ClN3O2/c1-3-4-13(2)5-6-7(10)8(14)12-9(15)11-6/h3-5H2,1-2H3,(H2,11,12,14,15). The molecule has 0 atom stereocenters. The molecular weight excluding hydrogens is 218 g/mol. The van der Waals surface area contributed by atoms with Crippen LogP contribution in [-0.4, -0.2) is 28.5 Å².